The monoisotopic (exact) mass is 395 g/mol. The summed E-state index contributed by atoms with van der Waals surface area (Å²) in [5.74, 6) is -0.103. The van der Waals surface area contributed by atoms with Crippen LogP contribution < -0.4 is 10.6 Å². The molecular weight excluding hydrogens is 373 g/mol. The summed E-state index contributed by atoms with van der Waals surface area (Å²) in [5, 5.41) is 16.5. The predicted molar refractivity (Wildman–Crippen MR) is 106 cm³/mol. The maximum atomic E-state index is 10.6. The predicted octanol–water partition coefficient (Wildman–Crippen LogP) is 4.82. The maximum Gasteiger partial charge on any atom is 0.304 e. The summed E-state index contributed by atoms with van der Waals surface area (Å²) in [6.07, 6.45) is 2.57. The van der Waals surface area contributed by atoms with E-state index in [1.807, 2.05) is 25.1 Å². The Labute approximate surface area is 163 Å². The van der Waals surface area contributed by atoms with Crippen molar-refractivity contribution >= 4 is 35.0 Å². The second-order valence-electron chi connectivity index (χ2n) is 6.10. The molecule has 1 atom stereocenters. The zero-order valence-electron chi connectivity index (χ0n) is 14.9. The number of aryl methyl sites for hydroxylation is 1. The molecule has 0 bridgehead atoms. The average molecular weight is 396 g/mol. The highest BCUT2D eigenvalue weighted by molar-refractivity contribution is 6.31. The minimum atomic E-state index is -0.829. The van der Waals surface area contributed by atoms with Gasteiger partial charge in [-0.3, -0.25) is 4.79 Å². The lowest BCUT2D eigenvalue weighted by Gasteiger charge is -2.19. The first-order valence-corrected chi connectivity index (χ1v) is 9.25. The summed E-state index contributed by atoms with van der Waals surface area (Å²) >= 11 is 12.3. The van der Waals surface area contributed by atoms with Gasteiger partial charge in [-0.1, -0.05) is 42.3 Å². The van der Waals surface area contributed by atoms with Crippen LogP contribution in [-0.2, 0) is 11.3 Å². The van der Waals surface area contributed by atoms with Gasteiger partial charge in [0.1, 0.15) is 5.82 Å². The number of halogens is 2. The molecule has 0 aliphatic heterocycles. The molecule has 0 amide bonds. The van der Waals surface area contributed by atoms with Crippen molar-refractivity contribution in [2.45, 2.75) is 39.3 Å². The van der Waals surface area contributed by atoms with E-state index in [2.05, 4.69) is 28.6 Å². The number of hydrogen-bond donors (Lipinski definition) is 3. The van der Waals surface area contributed by atoms with Gasteiger partial charge in [-0.15, -0.1) is 0 Å². The van der Waals surface area contributed by atoms with E-state index in [0.29, 0.717) is 18.1 Å². The van der Waals surface area contributed by atoms with Crippen LogP contribution in [0.3, 0.4) is 0 Å². The van der Waals surface area contributed by atoms with Crippen molar-refractivity contribution in [3.05, 3.63) is 57.2 Å². The molecule has 1 unspecified atom stereocenters. The smallest absolute Gasteiger partial charge is 0.304 e. The molecule has 1 aromatic carbocycles. The third-order valence-electron chi connectivity index (χ3n) is 4.08. The molecule has 0 saturated carbocycles. The van der Waals surface area contributed by atoms with E-state index >= 15 is 0 Å². The van der Waals surface area contributed by atoms with Crippen molar-refractivity contribution in [1.82, 2.24) is 10.3 Å². The molecule has 0 aliphatic rings. The summed E-state index contributed by atoms with van der Waals surface area (Å²) in [6, 6.07) is 7.99. The first kappa shape index (κ1) is 20.5. The van der Waals surface area contributed by atoms with E-state index in [-0.39, 0.29) is 12.5 Å². The highest BCUT2D eigenvalue weighted by Crippen LogP contribution is 2.27. The van der Waals surface area contributed by atoms with Crippen LogP contribution in [-0.4, -0.2) is 22.6 Å². The fourth-order valence-corrected chi connectivity index (χ4v) is 2.89. The Morgan fingerprint density at radius 3 is 2.69 bits per heavy atom. The Hall–Kier alpha value is -1.82. The van der Waals surface area contributed by atoms with Crippen LogP contribution in [0.5, 0.6) is 0 Å². The standard InChI is InChI=1S/C19H23Cl2N3O2/c1-3-17(13-4-5-15(20)12(2)8-13)24-18-9-14(16(21)11-23-18)10-22-7-6-19(25)26/h4-5,8-9,11,17,22H,3,6-7,10H2,1-2H3,(H,23,24)(H,25,26). The first-order valence-electron chi connectivity index (χ1n) is 8.50. The minimum absolute atomic E-state index is 0.0711. The van der Waals surface area contributed by atoms with Gasteiger partial charge in [0.2, 0.25) is 0 Å². The van der Waals surface area contributed by atoms with Gasteiger partial charge in [0.05, 0.1) is 17.5 Å². The molecule has 1 heterocycles. The molecule has 2 rings (SSSR count). The number of benzene rings is 1. The number of pyridine rings is 1. The van der Waals surface area contributed by atoms with E-state index in [0.717, 1.165) is 34.0 Å². The highest BCUT2D eigenvalue weighted by Gasteiger charge is 2.12. The van der Waals surface area contributed by atoms with Gasteiger partial charge in [-0.05, 0) is 42.2 Å². The molecule has 0 radical (unpaired) electrons. The van der Waals surface area contributed by atoms with Crippen LogP contribution >= 0.6 is 23.2 Å². The third-order valence-corrected chi connectivity index (χ3v) is 4.84. The Balaban J connectivity index is 2.08. The van der Waals surface area contributed by atoms with E-state index in [9.17, 15) is 4.79 Å². The van der Waals surface area contributed by atoms with Gasteiger partial charge in [-0.2, -0.15) is 0 Å². The topological polar surface area (TPSA) is 74.2 Å². The number of rotatable bonds is 9. The molecule has 1 aromatic heterocycles. The fraction of sp³-hybridized carbons (Fsp3) is 0.368. The van der Waals surface area contributed by atoms with Crippen LogP contribution in [0.15, 0.2) is 30.5 Å². The quantitative estimate of drug-likeness (QED) is 0.530. The van der Waals surface area contributed by atoms with Crippen LogP contribution in [0.25, 0.3) is 0 Å². The average Bonchev–Trinajstić information content (AvgIpc) is 2.61. The van der Waals surface area contributed by atoms with Crippen molar-refractivity contribution in [1.29, 1.82) is 0 Å². The molecule has 3 N–H and O–H groups in total. The number of carboxylic acids is 1. The zero-order chi connectivity index (χ0) is 19.1. The van der Waals surface area contributed by atoms with Gasteiger partial charge >= 0.3 is 5.97 Å². The minimum Gasteiger partial charge on any atom is -0.481 e. The number of anilines is 1. The molecule has 5 nitrogen and oxygen atoms in total. The molecule has 140 valence electrons. The van der Waals surface area contributed by atoms with Crippen molar-refractivity contribution in [3.8, 4) is 0 Å². The third kappa shape index (κ3) is 5.87. The normalized spacial score (nSPS) is 12.0. The van der Waals surface area contributed by atoms with Crippen LogP contribution in [0.2, 0.25) is 10.0 Å². The first-order chi connectivity index (χ1) is 12.4. The Bertz CT molecular complexity index is 768. The van der Waals surface area contributed by atoms with E-state index in [1.165, 1.54) is 0 Å². The van der Waals surface area contributed by atoms with Crippen LogP contribution in [0.4, 0.5) is 5.82 Å². The van der Waals surface area contributed by atoms with Gasteiger partial charge in [0.25, 0.3) is 0 Å². The molecule has 0 spiro atoms. The summed E-state index contributed by atoms with van der Waals surface area (Å²) in [6.45, 7) is 4.96. The molecular formula is C19H23Cl2N3O2. The van der Waals surface area contributed by atoms with E-state index < -0.39 is 5.97 Å². The lowest BCUT2D eigenvalue weighted by Crippen LogP contribution is -2.18. The second kappa shape index (κ2) is 9.76. The molecule has 0 fully saturated rings. The SMILES string of the molecule is CCC(Nc1cc(CNCCC(=O)O)c(Cl)cn1)c1ccc(Cl)c(C)c1. The molecule has 2 aromatic rings. The van der Waals surface area contributed by atoms with Gasteiger partial charge in [0, 0.05) is 24.3 Å². The number of nitrogens with one attached hydrogen (secondary N) is 2. The number of aliphatic carboxylic acids is 1. The maximum absolute atomic E-state index is 10.6. The number of carbonyl (C=O) groups is 1. The highest BCUT2D eigenvalue weighted by atomic mass is 35.5. The Morgan fingerprint density at radius 1 is 1.27 bits per heavy atom. The van der Waals surface area contributed by atoms with Crippen molar-refractivity contribution < 1.29 is 9.90 Å². The molecule has 0 saturated heterocycles. The number of aromatic nitrogens is 1. The number of hydrogen-bond acceptors (Lipinski definition) is 4. The fourth-order valence-electron chi connectivity index (χ4n) is 2.60. The van der Waals surface area contributed by atoms with Crippen molar-refractivity contribution in [2.75, 3.05) is 11.9 Å². The van der Waals surface area contributed by atoms with Crippen molar-refractivity contribution in [2.24, 2.45) is 0 Å². The Kier molecular flexibility index (Phi) is 7.69. The number of nitrogens with zero attached hydrogens (tertiary/aromatic N) is 1. The van der Waals surface area contributed by atoms with Gasteiger partial charge in [0.15, 0.2) is 0 Å². The zero-order valence-corrected chi connectivity index (χ0v) is 16.4. The summed E-state index contributed by atoms with van der Waals surface area (Å²) in [4.78, 5) is 14.9. The summed E-state index contributed by atoms with van der Waals surface area (Å²) < 4.78 is 0. The lowest BCUT2D eigenvalue weighted by molar-refractivity contribution is -0.136. The largest absolute Gasteiger partial charge is 0.481 e. The summed E-state index contributed by atoms with van der Waals surface area (Å²) in [7, 11) is 0. The molecule has 26 heavy (non-hydrogen) atoms. The second-order valence-corrected chi connectivity index (χ2v) is 6.91. The molecule has 7 heteroatoms. The summed E-state index contributed by atoms with van der Waals surface area (Å²) in [5.41, 5.74) is 3.06. The van der Waals surface area contributed by atoms with E-state index in [4.69, 9.17) is 28.3 Å². The van der Waals surface area contributed by atoms with Crippen LogP contribution in [0.1, 0.15) is 42.5 Å². The lowest BCUT2D eigenvalue weighted by atomic mass is 10.0. The van der Waals surface area contributed by atoms with Crippen molar-refractivity contribution in [3.63, 3.8) is 0 Å². The number of carboxylic acid groups (broad SMARTS) is 1. The van der Waals surface area contributed by atoms with Crippen LogP contribution in [0, 0.1) is 6.92 Å². The molecule has 0 aliphatic carbocycles. The van der Waals surface area contributed by atoms with E-state index in [1.54, 1.807) is 6.20 Å². The Morgan fingerprint density at radius 2 is 2.04 bits per heavy atom. The van der Waals surface area contributed by atoms with Gasteiger partial charge in [-0.25, -0.2) is 4.98 Å². The van der Waals surface area contributed by atoms with Gasteiger partial charge < -0.3 is 15.7 Å².